The first-order chi connectivity index (χ1) is 4.47. The number of allylic oxidation sites excluding steroid dienone is 2. The molecule has 0 aromatic rings. The van der Waals surface area contributed by atoms with Gasteiger partial charge in [0.1, 0.15) is 0 Å². The molecule has 1 aliphatic heterocycles. The van der Waals surface area contributed by atoms with E-state index in [9.17, 15) is 0 Å². The highest BCUT2D eigenvalue weighted by atomic mass is 14.9. The molecule has 1 saturated heterocycles. The van der Waals surface area contributed by atoms with Gasteiger partial charge in [-0.15, -0.1) is 0 Å². The molecule has 0 N–H and O–H groups in total. The first-order valence-corrected chi connectivity index (χ1v) is 3.84. The lowest BCUT2D eigenvalue weighted by molar-refractivity contribution is 0.530. The number of hydrogen-bond acceptors (Lipinski definition) is 0. The van der Waals surface area contributed by atoms with Gasteiger partial charge in [0.25, 0.3) is 0 Å². The maximum Gasteiger partial charge on any atom is 0.0398 e. The Morgan fingerprint density at radius 1 is 1.44 bits per heavy atom. The van der Waals surface area contributed by atoms with Crippen molar-refractivity contribution in [3.8, 4) is 0 Å². The van der Waals surface area contributed by atoms with Gasteiger partial charge >= 0.3 is 0 Å². The largest absolute Gasteiger partial charge is 0.290 e. The van der Waals surface area contributed by atoms with E-state index in [4.69, 9.17) is 0 Å². The number of hydrogen-bond donors (Lipinski definition) is 0. The third-order valence-electron chi connectivity index (χ3n) is 2.30. The fourth-order valence-electron chi connectivity index (χ4n) is 1.76. The Hall–Kier alpha value is -0.460. The Kier molecular flexibility index (Phi) is 1.22. The van der Waals surface area contributed by atoms with Crippen LogP contribution in [0.3, 0.4) is 0 Å². The third-order valence-corrected chi connectivity index (χ3v) is 2.30. The SMILES string of the molecule is C1=C2[N]CCC2CCC1. The maximum atomic E-state index is 4.42. The van der Waals surface area contributed by atoms with Crippen molar-refractivity contribution in [2.24, 2.45) is 5.92 Å². The molecule has 0 amide bonds. The van der Waals surface area contributed by atoms with E-state index < -0.39 is 0 Å². The lowest BCUT2D eigenvalue weighted by Crippen LogP contribution is -2.04. The van der Waals surface area contributed by atoms with Crippen LogP contribution < -0.4 is 5.32 Å². The number of fused-ring (bicyclic) bond motifs is 1. The summed E-state index contributed by atoms with van der Waals surface area (Å²) in [5, 5.41) is 4.42. The molecule has 0 spiro atoms. The van der Waals surface area contributed by atoms with Gasteiger partial charge < -0.3 is 0 Å². The summed E-state index contributed by atoms with van der Waals surface area (Å²) in [4.78, 5) is 0. The molecule has 0 aromatic heterocycles. The molecule has 0 saturated carbocycles. The molecule has 49 valence electrons. The summed E-state index contributed by atoms with van der Waals surface area (Å²) >= 11 is 0. The van der Waals surface area contributed by atoms with Crippen LogP contribution in [0.5, 0.6) is 0 Å². The highest BCUT2D eigenvalue weighted by molar-refractivity contribution is 5.11. The zero-order valence-electron chi connectivity index (χ0n) is 5.64. The normalized spacial score (nSPS) is 32.9. The molecule has 1 radical (unpaired) electrons. The topological polar surface area (TPSA) is 14.1 Å². The Balaban J connectivity index is 2.16. The molecule has 0 aromatic carbocycles. The quantitative estimate of drug-likeness (QED) is 0.464. The second-order valence-electron chi connectivity index (χ2n) is 2.93. The number of rotatable bonds is 0. The third kappa shape index (κ3) is 0.846. The van der Waals surface area contributed by atoms with E-state index >= 15 is 0 Å². The second kappa shape index (κ2) is 2.05. The smallest absolute Gasteiger partial charge is 0.0398 e. The minimum atomic E-state index is 0.860. The maximum absolute atomic E-state index is 4.42. The monoisotopic (exact) mass is 122 g/mol. The van der Waals surface area contributed by atoms with Crippen molar-refractivity contribution in [1.82, 2.24) is 5.32 Å². The van der Waals surface area contributed by atoms with Crippen molar-refractivity contribution in [2.75, 3.05) is 6.54 Å². The van der Waals surface area contributed by atoms with Gasteiger partial charge in [0, 0.05) is 18.2 Å². The van der Waals surface area contributed by atoms with Crippen LogP contribution in [0.4, 0.5) is 0 Å². The first kappa shape index (κ1) is 5.33. The molecule has 2 aliphatic rings. The summed E-state index contributed by atoms with van der Waals surface area (Å²) in [5.41, 5.74) is 1.42. The average Bonchev–Trinajstić information content (AvgIpc) is 2.33. The standard InChI is InChI=1S/C8H12N/c1-2-4-8-7(3-1)5-6-9-8/h4,7H,1-3,5-6H2. The van der Waals surface area contributed by atoms with Crippen LogP contribution in [-0.2, 0) is 0 Å². The van der Waals surface area contributed by atoms with Gasteiger partial charge in [-0.25, -0.2) is 0 Å². The fourth-order valence-corrected chi connectivity index (χ4v) is 1.76. The fraction of sp³-hybridized carbons (Fsp3) is 0.750. The molecule has 1 fully saturated rings. The van der Waals surface area contributed by atoms with E-state index in [-0.39, 0.29) is 0 Å². The molecule has 1 unspecified atom stereocenters. The molecule has 0 bridgehead atoms. The van der Waals surface area contributed by atoms with Gasteiger partial charge in [-0.1, -0.05) is 6.08 Å². The van der Waals surface area contributed by atoms with Crippen molar-refractivity contribution in [2.45, 2.75) is 25.7 Å². The van der Waals surface area contributed by atoms with E-state index in [1.165, 1.54) is 31.4 Å². The van der Waals surface area contributed by atoms with E-state index in [1.54, 1.807) is 0 Å². The molecule has 1 aliphatic carbocycles. The summed E-state index contributed by atoms with van der Waals surface area (Å²) in [6, 6.07) is 0. The predicted molar refractivity (Wildman–Crippen MR) is 37.0 cm³/mol. The Morgan fingerprint density at radius 3 is 3.33 bits per heavy atom. The molecule has 9 heavy (non-hydrogen) atoms. The first-order valence-electron chi connectivity index (χ1n) is 3.84. The summed E-state index contributed by atoms with van der Waals surface area (Å²) in [5.74, 6) is 0.860. The van der Waals surface area contributed by atoms with Gasteiger partial charge in [0.15, 0.2) is 0 Å². The van der Waals surface area contributed by atoms with Crippen molar-refractivity contribution in [3.63, 3.8) is 0 Å². The van der Waals surface area contributed by atoms with Crippen LogP contribution in [0.25, 0.3) is 0 Å². The minimum absolute atomic E-state index is 0.860. The van der Waals surface area contributed by atoms with Crippen molar-refractivity contribution >= 4 is 0 Å². The van der Waals surface area contributed by atoms with Crippen LogP contribution in [0, 0.1) is 5.92 Å². The Morgan fingerprint density at radius 2 is 2.44 bits per heavy atom. The lowest BCUT2D eigenvalue weighted by Gasteiger charge is -2.13. The second-order valence-corrected chi connectivity index (χ2v) is 2.93. The van der Waals surface area contributed by atoms with Crippen molar-refractivity contribution in [3.05, 3.63) is 11.8 Å². The highest BCUT2D eigenvalue weighted by Crippen LogP contribution is 2.30. The summed E-state index contributed by atoms with van der Waals surface area (Å²) in [7, 11) is 0. The van der Waals surface area contributed by atoms with Crippen molar-refractivity contribution < 1.29 is 0 Å². The van der Waals surface area contributed by atoms with E-state index in [0.717, 1.165) is 12.5 Å². The van der Waals surface area contributed by atoms with Gasteiger partial charge in [0.05, 0.1) is 0 Å². The Bertz CT molecular complexity index is 138. The summed E-state index contributed by atoms with van der Waals surface area (Å²) in [6.07, 6.45) is 7.71. The lowest BCUT2D eigenvalue weighted by atomic mass is 9.93. The zero-order chi connectivity index (χ0) is 6.10. The average molecular weight is 122 g/mol. The summed E-state index contributed by atoms with van der Waals surface area (Å²) < 4.78 is 0. The van der Waals surface area contributed by atoms with E-state index in [2.05, 4.69) is 11.4 Å². The number of nitrogens with zero attached hydrogens (tertiary/aromatic N) is 1. The van der Waals surface area contributed by atoms with Gasteiger partial charge in [-0.2, -0.15) is 0 Å². The van der Waals surface area contributed by atoms with Gasteiger partial charge in [-0.3, -0.25) is 5.32 Å². The predicted octanol–water partition coefficient (Wildman–Crippen LogP) is 1.68. The molecule has 1 heteroatoms. The van der Waals surface area contributed by atoms with Crippen LogP contribution in [-0.4, -0.2) is 6.54 Å². The zero-order valence-corrected chi connectivity index (χ0v) is 5.64. The molecule has 1 nitrogen and oxygen atoms in total. The van der Waals surface area contributed by atoms with Gasteiger partial charge in [0.2, 0.25) is 0 Å². The van der Waals surface area contributed by atoms with Crippen LogP contribution in [0.1, 0.15) is 25.7 Å². The van der Waals surface area contributed by atoms with E-state index in [0.29, 0.717) is 0 Å². The molecular formula is C8H12N. The summed E-state index contributed by atoms with van der Waals surface area (Å²) in [6.45, 7) is 1.09. The van der Waals surface area contributed by atoms with E-state index in [1.807, 2.05) is 0 Å². The molecule has 1 atom stereocenters. The van der Waals surface area contributed by atoms with Crippen LogP contribution >= 0.6 is 0 Å². The van der Waals surface area contributed by atoms with Gasteiger partial charge in [-0.05, 0) is 25.7 Å². The van der Waals surface area contributed by atoms with Crippen molar-refractivity contribution in [1.29, 1.82) is 0 Å². The highest BCUT2D eigenvalue weighted by Gasteiger charge is 2.23. The Labute approximate surface area is 56.1 Å². The molecule has 2 rings (SSSR count). The van der Waals surface area contributed by atoms with Crippen LogP contribution in [0.2, 0.25) is 0 Å². The molecular weight excluding hydrogens is 110 g/mol. The minimum Gasteiger partial charge on any atom is -0.290 e. The van der Waals surface area contributed by atoms with Crippen LogP contribution in [0.15, 0.2) is 11.8 Å². The molecule has 1 heterocycles.